The van der Waals surface area contributed by atoms with Crippen molar-refractivity contribution in [1.29, 1.82) is 0 Å². The van der Waals surface area contributed by atoms with Crippen LogP contribution in [0.5, 0.6) is 5.75 Å². The number of benzene rings is 2. The lowest BCUT2D eigenvalue weighted by Crippen LogP contribution is -2.36. The summed E-state index contributed by atoms with van der Waals surface area (Å²) in [5.74, 6) is 0.134. The van der Waals surface area contributed by atoms with Crippen LogP contribution in [0.3, 0.4) is 0 Å². The van der Waals surface area contributed by atoms with Crippen LogP contribution in [0.4, 0.5) is 5.69 Å². The topological polar surface area (TPSA) is 75.7 Å². The molecule has 0 spiro atoms. The van der Waals surface area contributed by atoms with Crippen LogP contribution in [0, 0.1) is 0 Å². The van der Waals surface area contributed by atoms with Crippen molar-refractivity contribution < 1.29 is 19.1 Å². The molecule has 2 aromatic rings. The number of hydrogen-bond acceptors (Lipinski definition) is 4. The SMILES string of the molecule is COc1ccc(C(C)=O)cc1CC(=O)Nc1ccccc1C(=O)N1CCCCC1. The minimum absolute atomic E-state index is 0.0382. The number of anilines is 1. The third-order valence-corrected chi connectivity index (χ3v) is 5.11. The van der Waals surface area contributed by atoms with Crippen molar-refractivity contribution in [2.24, 2.45) is 0 Å². The molecule has 1 heterocycles. The Morgan fingerprint density at radius 1 is 1.03 bits per heavy atom. The van der Waals surface area contributed by atoms with Gasteiger partial charge in [-0.15, -0.1) is 0 Å². The summed E-state index contributed by atoms with van der Waals surface area (Å²) in [6, 6.07) is 12.1. The molecule has 0 aromatic heterocycles. The van der Waals surface area contributed by atoms with Gasteiger partial charge in [0.25, 0.3) is 5.91 Å². The molecule has 1 N–H and O–H groups in total. The summed E-state index contributed by atoms with van der Waals surface area (Å²) in [6.07, 6.45) is 3.19. The monoisotopic (exact) mass is 394 g/mol. The van der Waals surface area contributed by atoms with Gasteiger partial charge in [-0.05, 0) is 56.5 Å². The fraction of sp³-hybridized carbons (Fsp3) is 0.348. The molecular formula is C23H26N2O4. The highest BCUT2D eigenvalue weighted by atomic mass is 16.5. The second-order valence-corrected chi connectivity index (χ2v) is 7.21. The van der Waals surface area contributed by atoms with Gasteiger partial charge in [0.15, 0.2) is 5.78 Å². The molecule has 2 amide bonds. The lowest BCUT2D eigenvalue weighted by Gasteiger charge is -2.27. The van der Waals surface area contributed by atoms with Gasteiger partial charge in [0.1, 0.15) is 5.75 Å². The lowest BCUT2D eigenvalue weighted by atomic mass is 10.0. The highest BCUT2D eigenvalue weighted by Gasteiger charge is 2.21. The number of rotatable bonds is 6. The molecule has 6 heteroatoms. The Kier molecular flexibility index (Phi) is 6.65. The zero-order valence-electron chi connectivity index (χ0n) is 16.9. The number of nitrogens with one attached hydrogen (secondary N) is 1. The van der Waals surface area contributed by atoms with Gasteiger partial charge < -0.3 is 15.0 Å². The molecule has 1 saturated heterocycles. The first-order valence-electron chi connectivity index (χ1n) is 9.85. The summed E-state index contributed by atoms with van der Waals surface area (Å²) in [7, 11) is 1.52. The van der Waals surface area contributed by atoms with Crippen molar-refractivity contribution in [3.63, 3.8) is 0 Å². The van der Waals surface area contributed by atoms with E-state index in [1.54, 1.807) is 42.5 Å². The molecule has 0 unspecified atom stereocenters. The summed E-state index contributed by atoms with van der Waals surface area (Å²) >= 11 is 0. The third kappa shape index (κ3) is 5.02. The molecule has 2 aromatic carbocycles. The summed E-state index contributed by atoms with van der Waals surface area (Å²) in [5.41, 5.74) is 2.13. The minimum atomic E-state index is -0.275. The molecule has 0 aliphatic carbocycles. The van der Waals surface area contributed by atoms with Crippen LogP contribution in [0.25, 0.3) is 0 Å². The number of likely N-dealkylation sites (tertiary alicyclic amines) is 1. The molecule has 0 atom stereocenters. The quantitative estimate of drug-likeness (QED) is 0.758. The zero-order chi connectivity index (χ0) is 20.8. The van der Waals surface area contributed by atoms with Gasteiger partial charge in [-0.1, -0.05) is 12.1 Å². The van der Waals surface area contributed by atoms with Crippen LogP contribution in [-0.2, 0) is 11.2 Å². The van der Waals surface area contributed by atoms with Crippen molar-refractivity contribution in [1.82, 2.24) is 4.90 Å². The van der Waals surface area contributed by atoms with Crippen LogP contribution in [0.15, 0.2) is 42.5 Å². The van der Waals surface area contributed by atoms with Crippen molar-refractivity contribution >= 4 is 23.3 Å². The normalized spacial score (nSPS) is 13.7. The molecule has 3 rings (SSSR count). The number of carbonyl (C=O) groups is 3. The number of ketones is 1. The Morgan fingerprint density at radius 2 is 1.76 bits per heavy atom. The minimum Gasteiger partial charge on any atom is -0.496 e. The Labute approximate surface area is 170 Å². The van der Waals surface area contributed by atoms with E-state index < -0.39 is 0 Å². The number of para-hydroxylation sites is 1. The van der Waals surface area contributed by atoms with Crippen LogP contribution in [0.2, 0.25) is 0 Å². The number of methoxy groups -OCH3 is 1. The molecule has 1 aliphatic rings. The molecule has 29 heavy (non-hydrogen) atoms. The first-order chi connectivity index (χ1) is 14.0. The third-order valence-electron chi connectivity index (χ3n) is 5.11. The molecule has 6 nitrogen and oxygen atoms in total. The number of hydrogen-bond donors (Lipinski definition) is 1. The number of ether oxygens (including phenoxy) is 1. The summed E-state index contributed by atoms with van der Waals surface area (Å²) in [6.45, 7) is 2.97. The van der Waals surface area contributed by atoms with Gasteiger partial charge in [-0.2, -0.15) is 0 Å². The second-order valence-electron chi connectivity index (χ2n) is 7.21. The van der Waals surface area contributed by atoms with E-state index in [0.29, 0.717) is 28.1 Å². The lowest BCUT2D eigenvalue weighted by molar-refractivity contribution is -0.115. The number of Topliss-reactive ketones (excluding diaryl/α,β-unsaturated/α-hetero) is 1. The smallest absolute Gasteiger partial charge is 0.255 e. The first-order valence-corrected chi connectivity index (χ1v) is 9.85. The summed E-state index contributed by atoms with van der Waals surface area (Å²) in [4.78, 5) is 39.1. The van der Waals surface area contributed by atoms with Gasteiger partial charge in [-0.25, -0.2) is 0 Å². The van der Waals surface area contributed by atoms with E-state index >= 15 is 0 Å². The Bertz CT molecular complexity index is 917. The predicted octanol–water partition coefficient (Wildman–Crippen LogP) is 3.71. The van der Waals surface area contributed by atoms with E-state index in [1.807, 2.05) is 4.90 Å². The zero-order valence-corrected chi connectivity index (χ0v) is 16.9. The molecule has 1 aliphatic heterocycles. The van der Waals surface area contributed by atoms with Gasteiger partial charge >= 0.3 is 0 Å². The van der Waals surface area contributed by atoms with Crippen LogP contribution >= 0.6 is 0 Å². The molecule has 0 bridgehead atoms. The maximum Gasteiger partial charge on any atom is 0.255 e. The standard InChI is InChI=1S/C23H26N2O4/c1-16(26)17-10-11-21(29-2)18(14-17)15-22(27)24-20-9-5-4-8-19(20)23(28)25-12-6-3-7-13-25/h4-5,8-11,14H,3,6-7,12-13,15H2,1-2H3,(H,24,27). The average Bonchev–Trinajstić information content (AvgIpc) is 2.74. The van der Waals surface area contributed by atoms with Crippen LogP contribution in [0.1, 0.15) is 52.5 Å². The van der Waals surface area contributed by atoms with Crippen LogP contribution < -0.4 is 10.1 Å². The molecule has 0 radical (unpaired) electrons. The Morgan fingerprint density at radius 3 is 2.45 bits per heavy atom. The molecule has 152 valence electrons. The van der Waals surface area contributed by atoms with E-state index in [4.69, 9.17) is 4.74 Å². The Hall–Kier alpha value is -3.15. The van der Waals surface area contributed by atoms with E-state index in [-0.39, 0.29) is 24.0 Å². The molecule has 1 fully saturated rings. The van der Waals surface area contributed by atoms with Gasteiger partial charge in [0.05, 0.1) is 24.8 Å². The van der Waals surface area contributed by atoms with Crippen molar-refractivity contribution in [2.75, 3.05) is 25.5 Å². The number of piperidine rings is 1. The molecule has 0 saturated carbocycles. The van der Waals surface area contributed by atoms with Gasteiger partial charge in [0.2, 0.25) is 5.91 Å². The van der Waals surface area contributed by atoms with Crippen molar-refractivity contribution in [2.45, 2.75) is 32.6 Å². The Balaban J connectivity index is 1.77. The number of carbonyl (C=O) groups excluding carboxylic acids is 3. The fourth-order valence-electron chi connectivity index (χ4n) is 3.55. The largest absolute Gasteiger partial charge is 0.496 e. The maximum absolute atomic E-state index is 12.9. The maximum atomic E-state index is 12.9. The predicted molar refractivity (Wildman–Crippen MR) is 112 cm³/mol. The average molecular weight is 394 g/mol. The van der Waals surface area contributed by atoms with E-state index in [1.165, 1.54) is 14.0 Å². The van der Waals surface area contributed by atoms with Gasteiger partial charge in [0, 0.05) is 24.2 Å². The molecular weight excluding hydrogens is 368 g/mol. The first kappa shape index (κ1) is 20.6. The highest BCUT2D eigenvalue weighted by molar-refractivity contribution is 6.04. The summed E-state index contributed by atoms with van der Waals surface area (Å²) < 4.78 is 5.32. The summed E-state index contributed by atoms with van der Waals surface area (Å²) in [5, 5.41) is 2.85. The van der Waals surface area contributed by atoms with E-state index in [0.717, 1.165) is 32.4 Å². The van der Waals surface area contributed by atoms with E-state index in [2.05, 4.69) is 5.32 Å². The number of amides is 2. The van der Waals surface area contributed by atoms with Gasteiger partial charge in [-0.3, -0.25) is 14.4 Å². The highest BCUT2D eigenvalue weighted by Crippen LogP contribution is 2.23. The van der Waals surface area contributed by atoms with Crippen LogP contribution in [-0.4, -0.2) is 42.7 Å². The second kappa shape index (κ2) is 9.37. The van der Waals surface area contributed by atoms with Crippen molar-refractivity contribution in [3.8, 4) is 5.75 Å². The fourth-order valence-corrected chi connectivity index (χ4v) is 3.55. The van der Waals surface area contributed by atoms with Crippen molar-refractivity contribution in [3.05, 3.63) is 59.2 Å². The van der Waals surface area contributed by atoms with E-state index in [9.17, 15) is 14.4 Å². The number of nitrogens with zero attached hydrogens (tertiary/aromatic N) is 1.